The van der Waals surface area contributed by atoms with Gasteiger partial charge in [0.1, 0.15) is 0 Å². The van der Waals surface area contributed by atoms with E-state index in [0.717, 1.165) is 5.92 Å². The Hall–Kier alpha value is -0.442. The molecule has 3 aliphatic carbocycles. The maximum Gasteiger partial charge on any atom is 0 e. The summed E-state index contributed by atoms with van der Waals surface area (Å²) in [5.74, 6) is 1.02. The van der Waals surface area contributed by atoms with Gasteiger partial charge in [-0.25, -0.2) is 0 Å². The fraction of sp³-hybridized carbons (Fsp3) is 0.800. The van der Waals surface area contributed by atoms with Crippen LogP contribution in [0.5, 0.6) is 0 Å². The molecule has 0 saturated heterocycles. The standard InChI is InChI=1S/C10H16.He.Ne/c1-7-4-5-8-6-9(7)10(8,2)3;;/h8H,4-6H2,1-3H3;;. The van der Waals surface area contributed by atoms with Crippen LogP contribution in [0.25, 0.3) is 0 Å². The Labute approximate surface area is 75.6 Å². The van der Waals surface area contributed by atoms with Crippen LogP contribution in [0.3, 0.4) is 0 Å². The van der Waals surface area contributed by atoms with Gasteiger partial charge in [0.2, 0.25) is 0 Å². The van der Waals surface area contributed by atoms with Crippen LogP contribution in [0.4, 0.5) is 0 Å². The van der Waals surface area contributed by atoms with Gasteiger partial charge in [0.05, 0.1) is 0 Å². The summed E-state index contributed by atoms with van der Waals surface area (Å²) >= 11 is 0. The number of rotatable bonds is 0. The second-order valence-corrected chi connectivity index (χ2v) is 4.42. The Balaban J connectivity index is 0.000000605. The van der Waals surface area contributed by atoms with Crippen molar-refractivity contribution in [2.24, 2.45) is 11.3 Å². The van der Waals surface area contributed by atoms with E-state index in [1.54, 1.807) is 11.1 Å². The molecule has 0 aromatic rings. The van der Waals surface area contributed by atoms with E-state index in [2.05, 4.69) is 20.8 Å². The molecule has 0 spiro atoms. The molecule has 3 aliphatic rings. The summed E-state index contributed by atoms with van der Waals surface area (Å²) in [6, 6.07) is 0. The molecule has 0 aromatic heterocycles. The second-order valence-electron chi connectivity index (χ2n) is 4.42. The van der Waals surface area contributed by atoms with Gasteiger partial charge in [-0.1, -0.05) is 25.0 Å². The molecule has 2 heteroatoms. The van der Waals surface area contributed by atoms with Gasteiger partial charge >= 0.3 is 0 Å². The van der Waals surface area contributed by atoms with Crippen LogP contribution in [0.2, 0.25) is 0 Å². The van der Waals surface area contributed by atoms with E-state index in [-0.39, 0.29) is 12.3 Å². The largest absolute Gasteiger partial charge is 0.0735 e. The van der Waals surface area contributed by atoms with Gasteiger partial charge in [-0.05, 0) is 37.5 Å². The predicted molar refractivity (Wildman–Crippen MR) is 43.8 cm³/mol. The van der Waals surface area contributed by atoms with Crippen molar-refractivity contribution in [1.29, 1.82) is 0 Å². The van der Waals surface area contributed by atoms with Crippen molar-refractivity contribution in [2.45, 2.75) is 40.0 Å². The van der Waals surface area contributed by atoms with Crippen molar-refractivity contribution in [2.75, 3.05) is 0 Å². The number of hydrogen-bond acceptors (Lipinski definition) is 0. The molecule has 0 nitrogen and oxygen atoms in total. The average Bonchev–Trinajstić information content (AvgIpc) is 1.87. The van der Waals surface area contributed by atoms with Gasteiger partial charge in [-0.2, -0.15) is 0 Å². The first kappa shape index (κ1) is 11.6. The Morgan fingerprint density at radius 2 is 1.92 bits per heavy atom. The third-order valence-corrected chi connectivity index (χ3v) is 3.63. The van der Waals surface area contributed by atoms with E-state index in [1.807, 2.05) is 0 Å². The number of fused-ring (bicyclic) bond motifs is 2. The molecule has 0 radical (unpaired) electrons. The third-order valence-electron chi connectivity index (χ3n) is 3.63. The summed E-state index contributed by atoms with van der Waals surface area (Å²) in [5.41, 5.74) is 4.04. The summed E-state index contributed by atoms with van der Waals surface area (Å²) in [4.78, 5) is 0. The van der Waals surface area contributed by atoms with Gasteiger partial charge in [0, 0.05) is 12.3 Å². The number of hydrogen-bond donors (Lipinski definition) is 0. The topological polar surface area (TPSA) is 0 Å². The van der Waals surface area contributed by atoms with Gasteiger partial charge in [-0.3, -0.25) is 0 Å². The van der Waals surface area contributed by atoms with E-state index >= 15 is 0 Å². The predicted octanol–water partition coefficient (Wildman–Crippen LogP) is 3.14. The Bertz CT molecular complexity index is 206. The molecule has 0 aliphatic heterocycles. The minimum atomic E-state index is 0. The molecular formula is C10H16HeNe. The molecule has 12 heavy (non-hydrogen) atoms. The smallest absolute Gasteiger partial charge is 0 e. The average molecular weight is 160 g/mol. The minimum absolute atomic E-state index is 0. The molecule has 1 atom stereocenters. The van der Waals surface area contributed by atoms with Gasteiger partial charge in [0.15, 0.2) is 0 Å². The maximum atomic E-state index is 2.40. The van der Waals surface area contributed by atoms with Crippen LogP contribution in [0, 0.1) is 23.6 Å². The van der Waals surface area contributed by atoms with Crippen molar-refractivity contribution in [1.82, 2.24) is 0 Å². The van der Waals surface area contributed by atoms with Crippen molar-refractivity contribution in [3.05, 3.63) is 11.1 Å². The first-order valence-corrected chi connectivity index (χ1v) is 4.31. The van der Waals surface area contributed by atoms with Crippen molar-refractivity contribution in [3.8, 4) is 0 Å². The molecule has 2 bridgehead atoms. The van der Waals surface area contributed by atoms with Crippen molar-refractivity contribution in [3.63, 3.8) is 0 Å². The van der Waals surface area contributed by atoms with Crippen molar-refractivity contribution >= 4 is 0 Å². The Morgan fingerprint density at radius 3 is 2.17 bits per heavy atom. The molecule has 0 aromatic carbocycles. The Morgan fingerprint density at radius 1 is 1.33 bits per heavy atom. The third kappa shape index (κ3) is 1.16. The molecule has 1 unspecified atom stereocenters. The zero-order valence-electron chi connectivity index (χ0n) is 8.26. The first-order chi connectivity index (χ1) is 4.62. The minimum Gasteiger partial charge on any atom is -0.0735 e. The second kappa shape index (κ2) is 3.13. The van der Waals surface area contributed by atoms with E-state index < -0.39 is 0 Å². The first-order valence-electron chi connectivity index (χ1n) is 4.31. The fourth-order valence-corrected chi connectivity index (χ4v) is 2.61. The van der Waals surface area contributed by atoms with Gasteiger partial charge in [-0.15, -0.1) is 0 Å². The van der Waals surface area contributed by atoms with Crippen molar-refractivity contribution < 1.29 is 12.3 Å². The van der Waals surface area contributed by atoms with E-state index in [9.17, 15) is 0 Å². The molecule has 1 saturated carbocycles. The van der Waals surface area contributed by atoms with Crippen LogP contribution in [-0.2, 0) is 0 Å². The zero-order chi connectivity index (χ0) is 7.35. The quantitative estimate of drug-likeness (QED) is 0.478. The summed E-state index contributed by atoms with van der Waals surface area (Å²) in [6.45, 7) is 7.12. The van der Waals surface area contributed by atoms with Crippen LogP contribution < -0.4 is 0 Å². The van der Waals surface area contributed by atoms with Crippen LogP contribution in [0.15, 0.2) is 11.1 Å². The summed E-state index contributed by atoms with van der Waals surface area (Å²) in [5, 5.41) is 0. The number of allylic oxidation sites excluding steroid dienone is 2. The molecule has 0 amide bonds. The normalized spacial score (nSPS) is 29.8. The molecule has 0 N–H and O–H groups in total. The molecule has 66 valence electrons. The van der Waals surface area contributed by atoms with Crippen LogP contribution in [-0.4, -0.2) is 0 Å². The molecule has 3 rings (SSSR count). The van der Waals surface area contributed by atoms with E-state index in [4.69, 9.17) is 0 Å². The maximum absolute atomic E-state index is 2.40. The van der Waals surface area contributed by atoms with E-state index in [1.165, 1.54) is 19.3 Å². The van der Waals surface area contributed by atoms with Crippen LogP contribution in [0.1, 0.15) is 40.0 Å². The fourth-order valence-electron chi connectivity index (χ4n) is 2.61. The molecule has 0 heterocycles. The van der Waals surface area contributed by atoms with Gasteiger partial charge < -0.3 is 0 Å². The Kier molecular flexibility index (Phi) is 3.01. The van der Waals surface area contributed by atoms with Crippen LogP contribution >= 0.6 is 0 Å². The van der Waals surface area contributed by atoms with E-state index in [0.29, 0.717) is 5.41 Å². The summed E-state index contributed by atoms with van der Waals surface area (Å²) in [6.07, 6.45) is 4.24. The molecular weight excluding hydrogens is 144 g/mol. The summed E-state index contributed by atoms with van der Waals surface area (Å²) < 4.78 is 0. The monoisotopic (exact) mass is 160 g/mol. The zero-order valence-corrected chi connectivity index (χ0v) is 8.26. The SMILES string of the molecule is CC1=C2CC(CC1)C2(C)C.[He].[Ne]. The summed E-state index contributed by atoms with van der Waals surface area (Å²) in [7, 11) is 0. The molecule has 1 fully saturated rings. The van der Waals surface area contributed by atoms with Gasteiger partial charge in [0.25, 0.3) is 0 Å².